The molecule has 1 aliphatic rings. The number of amidine groups is 1. The highest BCUT2D eigenvalue weighted by Gasteiger charge is 2.16. The van der Waals surface area contributed by atoms with Gasteiger partial charge in [-0.05, 0) is 27.1 Å². The van der Waals surface area contributed by atoms with Gasteiger partial charge in [-0.1, -0.05) is 11.8 Å². The molecule has 1 rings (SSSR count). The Kier molecular flexibility index (Phi) is 5.99. The van der Waals surface area contributed by atoms with Crippen LogP contribution in [0.3, 0.4) is 0 Å². The molecule has 0 saturated heterocycles. The van der Waals surface area contributed by atoms with Gasteiger partial charge in [0.15, 0.2) is 5.17 Å². The fourth-order valence-corrected chi connectivity index (χ4v) is 1.97. The first-order valence-electron chi connectivity index (χ1n) is 5.51. The van der Waals surface area contributed by atoms with Crippen molar-refractivity contribution in [2.24, 2.45) is 4.99 Å². The summed E-state index contributed by atoms with van der Waals surface area (Å²) in [7, 11) is 3.92. The second-order valence-corrected chi connectivity index (χ2v) is 4.99. The maximum absolute atomic E-state index is 11.4. The Morgan fingerprint density at radius 2 is 2.18 bits per heavy atom. The minimum atomic E-state index is -0.636. The van der Waals surface area contributed by atoms with Gasteiger partial charge < -0.3 is 10.2 Å². The molecule has 0 bridgehead atoms. The third kappa shape index (κ3) is 5.69. The zero-order valence-corrected chi connectivity index (χ0v) is 11.0. The topological polar surface area (TPSA) is 73.8 Å². The molecule has 96 valence electrons. The zero-order chi connectivity index (χ0) is 12.7. The summed E-state index contributed by atoms with van der Waals surface area (Å²) < 4.78 is 0. The summed E-state index contributed by atoms with van der Waals surface area (Å²) in [6.07, 6.45) is 0.821. The summed E-state index contributed by atoms with van der Waals surface area (Å²) in [5, 5.41) is 5.59. The average Bonchev–Trinajstić information content (AvgIpc) is 2.76. The Morgan fingerprint density at radius 3 is 2.76 bits per heavy atom. The Balaban J connectivity index is 2.16. The molecule has 17 heavy (non-hydrogen) atoms. The number of carbonyl (C=O) groups excluding carboxylic acids is 2. The maximum atomic E-state index is 11.4. The third-order valence-corrected chi connectivity index (χ3v) is 2.97. The van der Waals surface area contributed by atoms with Crippen LogP contribution in [-0.2, 0) is 9.59 Å². The summed E-state index contributed by atoms with van der Waals surface area (Å²) in [6.45, 7) is 2.08. The van der Waals surface area contributed by atoms with Crippen molar-refractivity contribution in [1.29, 1.82) is 0 Å². The summed E-state index contributed by atoms with van der Waals surface area (Å²) in [5.41, 5.74) is 0. The molecule has 0 spiro atoms. The van der Waals surface area contributed by atoms with Gasteiger partial charge in [-0.25, -0.2) is 0 Å². The van der Waals surface area contributed by atoms with Gasteiger partial charge in [-0.2, -0.15) is 0 Å². The van der Waals surface area contributed by atoms with Crippen LogP contribution >= 0.6 is 11.8 Å². The van der Waals surface area contributed by atoms with E-state index in [0.29, 0.717) is 18.3 Å². The van der Waals surface area contributed by atoms with Crippen LogP contribution < -0.4 is 10.6 Å². The van der Waals surface area contributed by atoms with Crippen molar-refractivity contribution in [1.82, 2.24) is 15.5 Å². The highest BCUT2D eigenvalue weighted by molar-refractivity contribution is 8.14. The minimum absolute atomic E-state index is 0.504. The van der Waals surface area contributed by atoms with Gasteiger partial charge in [-0.15, -0.1) is 0 Å². The van der Waals surface area contributed by atoms with Crippen LogP contribution in [-0.4, -0.2) is 61.4 Å². The van der Waals surface area contributed by atoms with E-state index in [2.05, 4.69) is 15.6 Å². The maximum Gasteiger partial charge on any atom is 0.315 e. The highest BCUT2D eigenvalue weighted by Crippen LogP contribution is 2.08. The molecule has 0 aromatic heterocycles. The Labute approximate surface area is 105 Å². The molecule has 0 radical (unpaired) electrons. The number of nitrogens with zero attached hydrogens (tertiary/aromatic N) is 2. The predicted molar refractivity (Wildman–Crippen MR) is 69.1 cm³/mol. The van der Waals surface area contributed by atoms with Crippen LogP contribution in [0.1, 0.15) is 6.42 Å². The average molecular weight is 258 g/mol. The number of nitrogens with one attached hydrogen (secondary N) is 2. The Hall–Kier alpha value is -1.08. The molecule has 1 heterocycles. The van der Waals surface area contributed by atoms with E-state index >= 15 is 0 Å². The van der Waals surface area contributed by atoms with Gasteiger partial charge in [0, 0.05) is 12.3 Å². The molecule has 0 saturated carbocycles. The van der Waals surface area contributed by atoms with Crippen LogP contribution in [0, 0.1) is 0 Å². The molecule has 0 unspecified atom stereocenters. The summed E-state index contributed by atoms with van der Waals surface area (Å²) >= 11 is 1.45. The molecule has 0 aromatic rings. The molecule has 0 atom stereocenters. The standard InChI is InChI=1S/C10H18N4O2S/c1-14(2)6-3-4-11-8(15)9(16)13-10-12-5-7-17-10/h3-7H2,1-2H3,(H,11,15)(H,12,13,16). The number of rotatable bonds is 4. The van der Waals surface area contributed by atoms with E-state index in [1.165, 1.54) is 11.8 Å². The molecule has 2 amide bonds. The molecule has 1 aliphatic heterocycles. The predicted octanol–water partition coefficient (Wildman–Crippen LogP) is -0.727. The van der Waals surface area contributed by atoms with Crippen molar-refractivity contribution >= 4 is 28.7 Å². The van der Waals surface area contributed by atoms with E-state index in [1.54, 1.807) is 0 Å². The smallest absolute Gasteiger partial charge is 0.315 e. The molecule has 0 fully saturated rings. The molecule has 6 nitrogen and oxygen atoms in total. The zero-order valence-electron chi connectivity index (χ0n) is 10.2. The van der Waals surface area contributed by atoms with E-state index in [1.807, 2.05) is 19.0 Å². The lowest BCUT2D eigenvalue weighted by Gasteiger charge is -2.09. The fraction of sp³-hybridized carbons (Fsp3) is 0.700. The van der Waals surface area contributed by atoms with Crippen LogP contribution in [0.25, 0.3) is 0 Å². The minimum Gasteiger partial charge on any atom is -0.348 e. The lowest BCUT2D eigenvalue weighted by Crippen LogP contribution is -2.42. The lowest BCUT2D eigenvalue weighted by molar-refractivity contribution is -0.138. The quantitative estimate of drug-likeness (QED) is 0.515. The van der Waals surface area contributed by atoms with Crippen LogP contribution in [0.15, 0.2) is 4.99 Å². The van der Waals surface area contributed by atoms with Crippen molar-refractivity contribution in [2.75, 3.05) is 39.5 Å². The first-order chi connectivity index (χ1) is 8.09. The van der Waals surface area contributed by atoms with Crippen LogP contribution in [0.2, 0.25) is 0 Å². The first kappa shape index (κ1) is 14.0. The number of hydrogen-bond acceptors (Lipinski definition) is 5. The summed E-state index contributed by atoms with van der Waals surface area (Å²) in [5.74, 6) is -0.373. The van der Waals surface area contributed by atoms with Gasteiger partial charge in [0.2, 0.25) is 0 Å². The van der Waals surface area contributed by atoms with Crippen LogP contribution in [0.5, 0.6) is 0 Å². The number of thioether (sulfide) groups is 1. The van der Waals surface area contributed by atoms with Crippen molar-refractivity contribution in [3.8, 4) is 0 Å². The van der Waals surface area contributed by atoms with Gasteiger partial charge in [0.25, 0.3) is 0 Å². The van der Waals surface area contributed by atoms with E-state index in [0.717, 1.165) is 18.7 Å². The Morgan fingerprint density at radius 1 is 1.41 bits per heavy atom. The van der Waals surface area contributed by atoms with Gasteiger partial charge in [0.1, 0.15) is 0 Å². The fourth-order valence-electron chi connectivity index (χ4n) is 1.24. The lowest BCUT2D eigenvalue weighted by atomic mass is 10.4. The normalized spacial score (nSPS) is 14.6. The molecular weight excluding hydrogens is 240 g/mol. The molecule has 7 heteroatoms. The SMILES string of the molecule is CN(C)CCCNC(=O)C(=O)NC1=NCCS1. The van der Waals surface area contributed by atoms with Crippen molar-refractivity contribution in [3.63, 3.8) is 0 Å². The monoisotopic (exact) mass is 258 g/mol. The molecule has 2 N–H and O–H groups in total. The van der Waals surface area contributed by atoms with E-state index < -0.39 is 11.8 Å². The highest BCUT2D eigenvalue weighted by atomic mass is 32.2. The van der Waals surface area contributed by atoms with Gasteiger partial charge in [0.05, 0.1) is 6.54 Å². The van der Waals surface area contributed by atoms with Gasteiger partial charge in [-0.3, -0.25) is 19.9 Å². The Bertz CT molecular complexity index is 317. The van der Waals surface area contributed by atoms with Crippen molar-refractivity contribution in [2.45, 2.75) is 6.42 Å². The van der Waals surface area contributed by atoms with E-state index in [4.69, 9.17) is 0 Å². The van der Waals surface area contributed by atoms with Crippen molar-refractivity contribution < 1.29 is 9.59 Å². The van der Waals surface area contributed by atoms with Crippen LogP contribution in [0.4, 0.5) is 0 Å². The summed E-state index contributed by atoms with van der Waals surface area (Å²) in [6, 6.07) is 0. The summed E-state index contributed by atoms with van der Waals surface area (Å²) in [4.78, 5) is 28.8. The number of aliphatic imine (C=N–C) groups is 1. The second kappa shape index (κ2) is 7.29. The first-order valence-corrected chi connectivity index (χ1v) is 6.49. The van der Waals surface area contributed by atoms with E-state index in [9.17, 15) is 9.59 Å². The second-order valence-electron chi connectivity index (χ2n) is 3.90. The third-order valence-electron chi connectivity index (χ3n) is 2.08. The number of carbonyl (C=O) groups is 2. The van der Waals surface area contributed by atoms with Crippen molar-refractivity contribution in [3.05, 3.63) is 0 Å². The number of hydrogen-bond donors (Lipinski definition) is 2. The largest absolute Gasteiger partial charge is 0.348 e. The molecule has 0 aliphatic carbocycles. The molecule has 0 aromatic carbocycles. The molecular formula is C10H18N4O2S. The van der Waals surface area contributed by atoms with Gasteiger partial charge >= 0.3 is 11.8 Å². The number of amides is 2. The van der Waals surface area contributed by atoms with E-state index in [-0.39, 0.29) is 0 Å².